The van der Waals surface area contributed by atoms with Crippen LogP contribution in [0, 0.1) is 11.8 Å². The zero-order valence-corrected chi connectivity index (χ0v) is 21.8. The zero-order chi connectivity index (χ0) is 28.6. The molecule has 6 rings (SSSR count). The minimum atomic E-state index is -1.66. The van der Waals surface area contributed by atoms with Crippen LogP contribution in [0.25, 0.3) is 0 Å². The van der Waals surface area contributed by atoms with Crippen molar-refractivity contribution in [2.75, 3.05) is 5.32 Å². The van der Waals surface area contributed by atoms with Gasteiger partial charge in [0.25, 0.3) is 0 Å². The van der Waals surface area contributed by atoms with Crippen molar-refractivity contribution in [3.63, 3.8) is 0 Å². The minimum absolute atomic E-state index is 0.0420. The second kappa shape index (κ2) is 8.52. The number of carbonyl (C=O) groups excluding carboxylic acids is 5. The van der Waals surface area contributed by atoms with Crippen molar-refractivity contribution < 1.29 is 42.9 Å². The first-order chi connectivity index (χ1) is 19.0. The maximum atomic E-state index is 14.0. The summed E-state index contributed by atoms with van der Waals surface area (Å²) >= 11 is 0. The molecule has 2 aromatic rings. The number of rotatable bonds is 4. The summed E-state index contributed by atoms with van der Waals surface area (Å²) in [5.41, 5.74) is 0.375. The van der Waals surface area contributed by atoms with Crippen molar-refractivity contribution in [1.29, 1.82) is 0 Å². The molecule has 1 fully saturated rings. The molecule has 0 saturated carbocycles. The number of hydrogen-bond donors (Lipinski definition) is 1. The zero-order valence-electron chi connectivity index (χ0n) is 21.8. The van der Waals surface area contributed by atoms with Crippen LogP contribution in [0.3, 0.4) is 0 Å². The van der Waals surface area contributed by atoms with Gasteiger partial charge in [-0.15, -0.1) is 0 Å². The SMILES string of the molecule is CC(=O)OC1=C=CC#CC2Nc3c(cc(OC(C)=O)c4c3C(=O)c3ccccc3C4=O)[C@]13O[C@@]23[C@@H](C)OC(C)=O. The normalized spacial score (nSPS) is 25.0. The molecule has 2 aliphatic heterocycles. The van der Waals surface area contributed by atoms with Crippen molar-refractivity contribution in [2.24, 2.45) is 0 Å². The Morgan fingerprint density at radius 2 is 1.62 bits per heavy atom. The van der Waals surface area contributed by atoms with E-state index in [1.54, 1.807) is 19.1 Å². The van der Waals surface area contributed by atoms with E-state index >= 15 is 0 Å². The van der Waals surface area contributed by atoms with Gasteiger partial charge in [0.1, 0.15) is 17.9 Å². The van der Waals surface area contributed by atoms with Gasteiger partial charge in [-0.25, -0.2) is 0 Å². The lowest BCUT2D eigenvalue weighted by Gasteiger charge is -2.38. The lowest BCUT2D eigenvalue weighted by atomic mass is 9.70. The summed E-state index contributed by atoms with van der Waals surface area (Å²) in [7, 11) is 0. The predicted octanol–water partition coefficient (Wildman–Crippen LogP) is 2.72. The number of ether oxygens (including phenoxy) is 4. The summed E-state index contributed by atoms with van der Waals surface area (Å²) in [6.07, 6.45) is 0.416. The van der Waals surface area contributed by atoms with Crippen molar-refractivity contribution in [2.45, 2.75) is 51.0 Å². The van der Waals surface area contributed by atoms with Crippen LogP contribution in [-0.2, 0) is 34.2 Å². The fourth-order valence-electron chi connectivity index (χ4n) is 5.93. The topological polar surface area (TPSA) is 138 Å². The molecule has 10 heteroatoms. The molecule has 2 aliphatic carbocycles. The van der Waals surface area contributed by atoms with Gasteiger partial charge < -0.3 is 24.3 Å². The summed E-state index contributed by atoms with van der Waals surface area (Å²) in [6, 6.07) is 6.84. The van der Waals surface area contributed by atoms with Gasteiger partial charge in [0.15, 0.2) is 28.5 Å². The highest BCUT2D eigenvalue weighted by atomic mass is 16.7. The Bertz CT molecular complexity index is 1730. The van der Waals surface area contributed by atoms with Crippen LogP contribution in [0.5, 0.6) is 5.75 Å². The molecule has 1 unspecified atom stereocenters. The number of ketones is 2. The lowest BCUT2D eigenvalue weighted by molar-refractivity contribution is -0.149. The van der Waals surface area contributed by atoms with E-state index in [-0.39, 0.29) is 45.0 Å². The number of epoxide rings is 1. The highest BCUT2D eigenvalue weighted by Gasteiger charge is 2.83. The standard InChI is InChI=1S/C30H21NO9/c1-14(37-15(2)32)29-22-11-7-8-12-23(39-17(4)34)30(29,40-29)20-13-21(38-16(3)33)24-25(26(20)31-22)28(36)19-10-6-5-9-18(19)27(24)35/h5-6,8-10,13-14,22,31H,1-4H3/t12?,14-,22?,29+,30+/m1/s1. The van der Waals surface area contributed by atoms with Gasteiger partial charge in [0, 0.05) is 43.5 Å². The van der Waals surface area contributed by atoms with E-state index in [2.05, 4.69) is 22.9 Å². The van der Waals surface area contributed by atoms with Gasteiger partial charge in [0.05, 0.1) is 16.8 Å². The second-order valence-electron chi connectivity index (χ2n) is 9.75. The van der Waals surface area contributed by atoms with E-state index < -0.39 is 52.8 Å². The first kappa shape index (κ1) is 25.3. The smallest absolute Gasteiger partial charge is 0.308 e. The summed E-state index contributed by atoms with van der Waals surface area (Å²) in [5.74, 6) is 2.57. The van der Waals surface area contributed by atoms with Crippen LogP contribution in [-0.4, -0.2) is 47.2 Å². The molecule has 2 bridgehead atoms. The number of benzene rings is 2. The van der Waals surface area contributed by atoms with Crippen molar-refractivity contribution in [3.8, 4) is 17.6 Å². The molecule has 1 N–H and O–H groups in total. The van der Waals surface area contributed by atoms with Crippen LogP contribution in [0.15, 0.2) is 47.9 Å². The van der Waals surface area contributed by atoms with Crippen LogP contribution in [0.4, 0.5) is 5.69 Å². The Morgan fingerprint density at radius 1 is 0.975 bits per heavy atom. The van der Waals surface area contributed by atoms with E-state index in [1.807, 2.05) is 0 Å². The number of carbonyl (C=O) groups is 5. The van der Waals surface area contributed by atoms with Crippen LogP contribution < -0.4 is 10.1 Å². The Morgan fingerprint density at radius 3 is 2.25 bits per heavy atom. The third kappa shape index (κ3) is 3.26. The monoisotopic (exact) mass is 539 g/mol. The van der Waals surface area contributed by atoms with Crippen molar-refractivity contribution in [1.82, 2.24) is 0 Å². The molecule has 200 valence electrons. The summed E-state index contributed by atoms with van der Waals surface area (Å²) < 4.78 is 23.1. The average Bonchev–Trinajstić information content (AvgIpc) is 3.60. The Kier molecular flexibility index (Phi) is 5.39. The summed E-state index contributed by atoms with van der Waals surface area (Å²) in [6.45, 7) is 5.22. The average molecular weight is 539 g/mol. The number of esters is 3. The molecule has 0 amide bonds. The molecule has 2 heterocycles. The Hall–Kier alpha value is -4.97. The number of fused-ring (bicyclic) bond motifs is 4. The van der Waals surface area contributed by atoms with Crippen molar-refractivity contribution in [3.05, 3.63) is 75.7 Å². The van der Waals surface area contributed by atoms with E-state index in [9.17, 15) is 24.0 Å². The predicted molar refractivity (Wildman–Crippen MR) is 136 cm³/mol. The fraction of sp³-hybridized carbons (Fsp3) is 0.267. The molecule has 40 heavy (non-hydrogen) atoms. The third-order valence-corrected chi connectivity index (χ3v) is 7.36. The van der Waals surface area contributed by atoms with Crippen LogP contribution in [0.1, 0.15) is 65.1 Å². The quantitative estimate of drug-likeness (QED) is 0.173. The maximum absolute atomic E-state index is 14.0. The lowest BCUT2D eigenvalue weighted by Crippen LogP contribution is -2.54. The van der Waals surface area contributed by atoms with Gasteiger partial charge in [-0.05, 0) is 13.0 Å². The van der Waals surface area contributed by atoms with Crippen LogP contribution in [0.2, 0.25) is 0 Å². The summed E-state index contributed by atoms with van der Waals surface area (Å²) in [4.78, 5) is 64.1. The largest absolute Gasteiger partial charge is 0.459 e. The van der Waals surface area contributed by atoms with Crippen LogP contribution >= 0.6 is 0 Å². The molecule has 10 nitrogen and oxygen atoms in total. The van der Waals surface area contributed by atoms with E-state index in [0.29, 0.717) is 0 Å². The molecule has 4 aliphatic rings. The van der Waals surface area contributed by atoms with Gasteiger partial charge >= 0.3 is 17.9 Å². The Balaban J connectivity index is 1.70. The van der Waals surface area contributed by atoms with E-state index in [1.165, 1.54) is 45.0 Å². The third-order valence-electron chi connectivity index (χ3n) is 7.36. The van der Waals surface area contributed by atoms with Crippen molar-refractivity contribution >= 4 is 35.2 Å². The number of anilines is 1. The maximum Gasteiger partial charge on any atom is 0.308 e. The Labute approximate surface area is 227 Å². The minimum Gasteiger partial charge on any atom is -0.459 e. The molecule has 0 radical (unpaired) electrons. The van der Waals surface area contributed by atoms with E-state index in [0.717, 1.165) is 0 Å². The van der Waals surface area contributed by atoms with Gasteiger partial charge in [-0.3, -0.25) is 24.0 Å². The summed E-state index contributed by atoms with van der Waals surface area (Å²) in [5, 5.41) is 3.24. The molecule has 2 aromatic carbocycles. The van der Waals surface area contributed by atoms with E-state index in [4.69, 9.17) is 18.9 Å². The second-order valence-corrected chi connectivity index (χ2v) is 9.75. The molecular formula is C30H21NO9. The molecule has 0 aromatic heterocycles. The first-order valence-corrected chi connectivity index (χ1v) is 12.4. The highest BCUT2D eigenvalue weighted by molar-refractivity contribution is 6.31. The first-order valence-electron chi connectivity index (χ1n) is 12.4. The van der Waals surface area contributed by atoms with Gasteiger partial charge in [-0.2, -0.15) is 0 Å². The highest BCUT2D eigenvalue weighted by Crippen LogP contribution is 2.69. The fourth-order valence-corrected chi connectivity index (χ4v) is 5.93. The molecule has 4 atom stereocenters. The number of hydrogen-bond acceptors (Lipinski definition) is 10. The molecule has 1 saturated heterocycles. The van der Waals surface area contributed by atoms with Gasteiger partial charge in [-0.1, -0.05) is 41.8 Å². The molecule has 0 spiro atoms. The van der Waals surface area contributed by atoms with Gasteiger partial charge in [0.2, 0.25) is 0 Å². The molecular weight excluding hydrogens is 518 g/mol. The number of nitrogens with one attached hydrogen (secondary N) is 1.